The fourth-order valence-electron chi connectivity index (χ4n) is 2.21. The highest BCUT2D eigenvalue weighted by Gasteiger charge is 2.29. The molecule has 1 unspecified atom stereocenters. The molecule has 0 aromatic rings. The molecule has 1 rings (SSSR count). The van der Waals surface area contributed by atoms with Gasteiger partial charge in [0.25, 0.3) is 0 Å². The molecule has 0 bridgehead atoms. The number of carboxylic acid groups (broad SMARTS) is 1. The van der Waals surface area contributed by atoms with Crippen LogP contribution in [0.4, 0.5) is 0 Å². The third-order valence-corrected chi connectivity index (χ3v) is 5.16. The van der Waals surface area contributed by atoms with Gasteiger partial charge in [-0.2, -0.15) is 0 Å². The molecule has 1 atom stereocenters. The molecule has 1 aliphatic rings. The average Bonchev–Trinajstić information content (AvgIpc) is 2.26. The molecule has 5 nitrogen and oxygen atoms in total. The Bertz CT molecular complexity index is 378. The van der Waals surface area contributed by atoms with E-state index < -0.39 is 16.0 Å². The summed E-state index contributed by atoms with van der Waals surface area (Å²) in [5.41, 5.74) is 0. The fourth-order valence-corrected chi connectivity index (χ4v) is 4.08. The van der Waals surface area contributed by atoms with E-state index in [1.165, 1.54) is 4.31 Å². The highest BCUT2D eigenvalue weighted by molar-refractivity contribution is 7.89. The second-order valence-electron chi connectivity index (χ2n) is 5.46. The highest BCUT2D eigenvalue weighted by atomic mass is 32.2. The monoisotopic (exact) mass is 277 g/mol. The molecule has 0 aliphatic carbocycles. The van der Waals surface area contributed by atoms with Gasteiger partial charge in [-0.3, -0.25) is 4.79 Å². The largest absolute Gasteiger partial charge is 0.481 e. The lowest BCUT2D eigenvalue weighted by Crippen LogP contribution is -2.41. The first kappa shape index (κ1) is 15.4. The Morgan fingerprint density at radius 2 is 2.11 bits per heavy atom. The number of piperidine rings is 1. The normalized spacial score (nSPS) is 22.3. The van der Waals surface area contributed by atoms with Gasteiger partial charge in [-0.05, 0) is 31.1 Å². The smallest absolute Gasteiger partial charge is 0.303 e. The van der Waals surface area contributed by atoms with Gasteiger partial charge < -0.3 is 5.11 Å². The third-order valence-electron chi connectivity index (χ3n) is 3.29. The van der Waals surface area contributed by atoms with Crippen LogP contribution < -0.4 is 0 Å². The number of hydrogen-bond donors (Lipinski definition) is 1. The van der Waals surface area contributed by atoms with Crippen molar-refractivity contribution in [2.75, 3.05) is 18.8 Å². The first-order valence-electron chi connectivity index (χ1n) is 6.51. The van der Waals surface area contributed by atoms with Crippen LogP contribution in [0.2, 0.25) is 0 Å². The van der Waals surface area contributed by atoms with Crippen molar-refractivity contribution in [2.24, 2.45) is 11.8 Å². The van der Waals surface area contributed by atoms with Gasteiger partial charge in [0.15, 0.2) is 0 Å². The molecule has 1 fully saturated rings. The Morgan fingerprint density at radius 1 is 1.44 bits per heavy atom. The van der Waals surface area contributed by atoms with Crippen LogP contribution in [0.5, 0.6) is 0 Å². The van der Waals surface area contributed by atoms with Crippen molar-refractivity contribution in [1.82, 2.24) is 4.31 Å². The topological polar surface area (TPSA) is 74.7 Å². The molecule has 106 valence electrons. The second-order valence-corrected chi connectivity index (χ2v) is 7.55. The van der Waals surface area contributed by atoms with Crippen LogP contribution in [0, 0.1) is 11.8 Å². The number of nitrogens with zero attached hydrogens (tertiary/aromatic N) is 1. The molecule has 0 amide bonds. The Hall–Kier alpha value is -0.620. The molecule has 1 aliphatic heterocycles. The molecule has 18 heavy (non-hydrogen) atoms. The summed E-state index contributed by atoms with van der Waals surface area (Å²) in [6.45, 7) is 4.90. The number of rotatable bonds is 6. The van der Waals surface area contributed by atoms with E-state index in [2.05, 4.69) is 0 Å². The van der Waals surface area contributed by atoms with E-state index in [1.807, 2.05) is 13.8 Å². The van der Waals surface area contributed by atoms with Crippen molar-refractivity contribution < 1.29 is 18.3 Å². The fraction of sp³-hybridized carbons (Fsp3) is 0.917. The molecular weight excluding hydrogens is 254 g/mol. The van der Waals surface area contributed by atoms with E-state index in [9.17, 15) is 13.2 Å². The van der Waals surface area contributed by atoms with Gasteiger partial charge >= 0.3 is 5.97 Å². The lowest BCUT2D eigenvalue weighted by molar-refractivity contribution is -0.138. The zero-order valence-corrected chi connectivity index (χ0v) is 11.9. The number of carboxylic acids is 1. The van der Waals surface area contributed by atoms with E-state index in [1.54, 1.807) is 0 Å². The highest BCUT2D eigenvalue weighted by Crippen LogP contribution is 2.22. The minimum absolute atomic E-state index is 0.0370. The molecule has 0 saturated carbocycles. The average molecular weight is 277 g/mol. The lowest BCUT2D eigenvalue weighted by atomic mass is 9.96. The van der Waals surface area contributed by atoms with Gasteiger partial charge in [0.05, 0.1) is 5.75 Å². The standard InChI is InChI=1S/C12H23NO4S/c1-10(2)5-7-18(16,17)13-6-3-4-11(9-13)8-12(14)15/h10-11H,3-9H2,1-2H3,(H,14,15). The van der Waals surface area contributed by atoms with Crippen molar-refractivity contribution in [3.8, 4) is 0 Å². The van der Waals surface area contributed by atoms with Crippen molar-refractivity contribution in [3.63, 3.8) is 0 Å². The molecule has 0 radical (unpaired) electrons. The molecule has 0 aromatic heterocycles. The predicted octanol–water partition coefficient (Wildman–Crippen LogP) is 1.55. The van der Waals surface area contributed by atoms with E-state index >= 15 is 0 Å². The third kappa shape index (κ3) is 4.94. The number of sulfonamides is 1. The maximum atomic E-state index is 12.1. The van der Waals surface area contributed by atoms with Crippen LogP contribution in [0.3, 0.4) is 0 Å². The zero-order valence-electron chi connectivity index (χ0n) is 11.1. The molecule has 1 heterocycles. The zero-order chi connectivity index (χ0) is 13.8. The maximum absolute atomic E-state index is 12.1. The van der Waals surface area contributed by atoms with E-state index in [0.717, 1.165) is 12.8 Å². The summed E-state index contributed by atoms with van der Waals surface area (Å²) in [5.74, 6) is -0.351. The molecule has 6 heteroatoms. The SMILES string of the molecule is CC(C)CCS(=O)(=O)N1CCCC(CC(=O)O)C1. The van der Waals surface area contributed by atoms with Crippen molar-refractivity contribution in [2.45, 2.75) is 39.5 Å². The molecule has 1 saturated heterocycles. The summed E-state index contributed by atoms with van der Waals surface area (Å²) in [6, 6.07) is 0. The molecule has 0 aromatic carbocycles. The summed E-state index contributed by atoms with van der Waals surface area (Å²) in [6.07, 6.45) is 2.29. The van der Waals surface area contributed by atoms with Crippen LogP contribution >= 0.6 is 0 Å². The van der Waals surface area contributed by atoms with Gasteiger partial charge in [-0.1, -0.05) is 13.8 Å². The number of aliphatic carboxylic acids is 1. The van der Waals surface area contributed by atoms with Crippen molar-refractivity contribution >= 4 is 16.0 Å². The van der Waals surface area contributed by atoms with Gasteiger partial charge in [0.2, 0.25) is 10.0 Å². The summed E-state index contributed by atoms with van der Waals surface area (Å²) < 4.78 is 25.7. The summed E-state index contributed by atoms with van der Waals surface area (Å²) in [5, 5.41) is 8.76. The van der Waals surface area contributed by atoms with Crippen molar-refractivity contribution in [1.29, 1.82) is 0 Å². The summed E-state index contributed by atoms with van der Waals surface area (Å²) in [7, 11) is -3.21. The lowest BCUT2D eigenvalue weighted by Gasteiger charge is -2.31. The summed E-state index contributed by atoms with van der Waals surface area (Å²) >= 11 is 0. The minimum Gasteiger partial charge on any atom is -0.481 e. The van der Waals surface area contributed by atoms with Gasteiger partial charge in [0, 0.05) is 19.5 Å². The first-order valence-corrected chi connectivity index (χ1v) is 8.12. The van der Waals surface area contributed by atoms with Gasteiger partial charge in [-0.15, -0.1) is 0 Å². The van der Waals surface area contributed by atoms with Crippen LogP contribution in [-0.4, -0.2) is 42.6 Å². The van der Waals surface area contributed by atoms with E-state index in [0.29, 0.717) is 25.4 Å². The first-order chi connectivity index (χ1) is 8.31. The predicted molar refractivity (Wildman–Crippen MR) is 69.8 cm³/mol. The van der Waals surface area contributed by atoms with Crippen LogP contribution in [0.15, 0.2) is 0 Å². The van der Waals surface area contributed by atoms with Gasteiger partial charge in [0.1, 0.15) is 0 Å². The Labute approximate surface area is 109 Å². The van der Waals surface area contributed by atoms with Crippen LogP contribution in [0.1, 0.15) is 39.5 Å². The quantitative estimate of drug-likeness (QED) is 0.799. The molecule has 1 N–H and O–H groups in total. The second kappa shape index (κ2) is 6.52. The number of carbonyl (C=O) groups is 1. The Kier molecular flexibility index (Phi) is 5.59. The van der Waals surface area contributed by atoms with Crippen LogP contribution in [-0.2, 0) is 14.8 Å². The summed E-state index contributed by atoms with van der Waals surface area (Å²) in [4.78, 5) is 10.7. The molecule has 0 spiro atoms. The Morgan fingerprint density at radius 3 is 2.67 bits per heavy atom. The minimum atomic E-state index is -3.21. The van der Waals surface area contributed by atoms with Gasteiger partial charge in [-0.25, -0.2) is 12.7 Å². The maximum Gasteiger partial charge on any atom is 0.303 e. The Balaban J connectivity index is 2.57. The van der Waals surface area contributed by atoms with Crippen LogP contribution in [0.25, 0.3) is 0 Å². The van der Waals surface area contributed by atoms with E-state index in [-0.39, 0.29) is 18.1 Å². The van der Waals surface area contributed by atoms with E-state index in [4.69, 9.17) is 5.11 Å². The van der Waals surface area contributed by atoms with Crippen molar-refractivity contribution in [3.05, 3.63) is 0 Å². The number of hydrogen-bond acceptors (Lipinski definition) is 3. The molecular formula is C12H23NO4S.